The molecule has 4 rings (SSSR count). The molecule has 0 spiro atoms. The number of hydrogen-bond donors (Lipinski definition) is 5. The van der Waals surface area contributed by atoms with E-state index in [0.717, 1.165) is 27.5 Å². The first kappa shape index (κ1) is 27.6. The van der Waals surface area contributed by atoms with Crippen molar-refractivity contribution in [3.63, 3.8) is 0 Å². The van der Waals surface area contributed by atoms with Gasteiger partial charge in [0, 0.05) is 35.9 Å². The molecule has 1 unspecified atom stereocenters. The van der Waals surface area contributed by atoms with E-state index in [1.54, 1.807) is 0 Å². The maximum absolute atomic E-state index is 12.4. The van der Waals surface area contributed by atoms with Gasteiger partial charge >= 0.3 is 19.2 Å². The number of aromatic amines is 2. The number of nitrogens with zero attached hydrogens (tertiary/aromatic N) is 5. The molecule has 0 aliphatic carbocycles. The molecule has 20 heteroatoms. The predicted molar refractivity (Wildman–Crippen MR) is 122 cm³/mol. The number of azide groups is 1. The molecular weight excluding hydrogens is 537 g/mol. The monoisotopic (exact) mass is 559 g/mol. The van der Waals surface area contributed by atoms with E-state index in [-0.39, 0.29) is 6.42 Å². The summed E-state index contributed by atoms with van der Waals surface area (Å²) in [7, 11) is -4.82. The van der Waals surface area contributed by atoms with Gasteiger partial charge in [0.05, 0.1) is 25.4 Å². The van der Waals surface area contributed by atoms with Crippen molar-refractivity contribution in [2.75, 3.05) is 13.2 Å². The van der Waals surface area contributed by atoms with E-state index in [4.69, 9.17) is 24.1 Å². The Hall–Kier alpha value is -3.38. The smallest absolute Gasteiger partial charge is 0.387 e. The van der Waals surface area contributed by atoms with Crippen molar-refractivity contribution in [3.8, 4) is 0 Å². The predicted octanol–water partition coefficient (Wildman–Crippen LogP) is -2.19. The number of nitrogens with one attached hydrogen (secondary N) is 2. The first-order valence-corrected chi connectivity index (χ1v) is 12.4. The molecule has 38 heavy (non-hydrogen) atoms. The fourth-order valence-electron chi connectivity index (χ4n) is 3.97. The van der Waals surface area contributed by atoms with E-state index in [2.05, 4.69) is 15.0 Å². The first-order chi connectivity index (χ1) is 18.0. The van der Waals surface area contributed by atoms with Gasteiger partial charge in [-0.25, -0.2) is 14.2 Å². The van der Waals surface area contributed by atoms with Crippen LogP contribution in [0.15, 0.2) is 48.8 Å². The minimum atomic E-state index is -4.82. The number of hydrogen-bond acceptors (Lipinski definition) is 12. The number of phosphoric acid groups is 1. The third-order valence-electron chi connectivity index (χ3n) is 5.83. The molecule has 0 amide bonds. The van der Waals surface area contributed by atoms with Crippen LogP contribution in [-0.4, -0.2) is 77.9 Å². The molecule has 5 N–H and O–H groups in total. The Bertz CT molecular complexity index is 1500. The van der Waals surface area contributed by atoms with E-state index >= 15 is 0 Å². The zero-order valence-electron chi connectivity index (χ0n) is 19.2. The molecule has 2 aromatic heterocycles. The third-order valence-corrected chi connectivity index (χ3v) is 6.78. The van der Waals surface area contributed by atoms with Crippen molar-refractivity contribution in [1.82, 2.24) is 19.1 Å². The van der Waals surface area contributed by atoms with Gasteiger partial charge in [-0.05, 0) is 5.53 Å². The average Bonchev–Trinajstić information content (AvgIpc) is 3.37. The van der Waals surface area contributed by atoms with Crippen molar-refractivity contribution < 1.29 is 38.2 Å². The molecular formula is C18H22N7O12P. The number of aliphatic hydroxyl groups excluding tert-OH is 2. The van der Waals surface area contributed by atoms with Gasteiger partial charge in [0.25, 0.3) is 11.1 Å². The Morgan fingerprint density at radius 3 is 2.16 bits per heavy atom. The van der Waals surface area contributed by atoms with Crippen LogP contribution in [0.1, 0.15) is 18.9 Å². The summed E-state index contributed by atoms with van der Waals surface area (Å²) >= 11 is 0. The van der Waals surface area contributed by atoms with Crippen LogP contribution < -0.4 is 22.5 Å². The fourth-order valence-corrected chi connectivity index (χ4v) is 4.72. The molecule has 19 nitrogen and oxygen atoms in total. The maximum Gasteiger partial charge on any atom is 0.472 e. The van der Waals surface area contributed by atoms with E-state index in [9.17, 15) is 38.8 Å². The summed E-state index contributed by atoms with van der Waals surface area (Å²) in [6.07, 6.45) is -5.91. The topological polar surface area (TPSA) is 273 Å². The Kier molecular flexibility index (Phi) is 8.12. The van der Waals surface area contributed by atoms with Crippen LogP contribution in [-0.2, 0) is 23.1 Å². The molecule has 2 aliphatic rings. The number of H-pyrrole nitrogens is 2. The first-order valence-electron chi connectivity index (χ1n) is 10.9. The highest BCUT2D eigenvalue weighted by molar-refractivity contribution is 7.47. The van der Waals surface area contributed by atoms with E-state index in [0.29, 0.717) is 0 Å². The molecule has 2 fully saturated rings. The third kappa shape index (κ3) is 6.02. The minimum Gasteiger partial charge on any atom is -0.387 e. The fraction of sp³-hybridized carbons (Fsp3) is 0.556. The Balaban J connectivity index is 1.36. The van der Waals surface area contributed by atoms with Crippen molar-refractivity contribution in [1.29, 1.82) is 0 Å². The molecule has 0 saturated carbocycles. The summed E-state index contributed by atoms with van der Waals surface area (Å²) < 4.78 is 35.1. The lowest BCUT2D eigenvalue weighted by atomic mass is 10.1. The van der Waals surface area contributed by atoms with Crippen LogP contribution in [0.4, 0.5) is 0 Å². The average molecular weight is 559 g/mol. The highest BCUT2D eigenvalue weighted by Gasteiger charge is 2.45. The number of rotatable bonds is 9. The highest BCUT2D eigenvalue weighted by Crippen LogP contribution is 2.45. The standard InChI is InChI=1S/C18H22N7O12P/c19-23-22-8-5-13(24-3-1-11(26)20-17(24)30)36-9(8)6-34-38(32,33)35-7-10-14(28)15(29)16(37-10)25-4-2-12(27)21-18(25)31/h1-4,8-10,13-16,28-29H,5-7H2,(H,32,33)(H,20,26,30)(H,21,27,31)/t8-,9+,10+,13+,14+,15+,16+/m0/s1. The van der Waals surface area contributed by atoms with E-state index in [1.807, 2.05) is 4.98 Å². The van der Waals surface area contributed by atoms with Gasteiger partial charge in [0.1, 0.15) is 24.5 Å². The maximum atomic E-state index is 12.4. The van der Waals surface area contributed by atoms with Crippen LogP contribution in [0.5, 0.6) is 0 Å². The van der Waals surface area contributed by atoms with Gasteiger partial charge in [-0.1, -0.05) is 5.11 Å². The molecule has 4 heterocycles. The summed E-state index contributed by atoms with van der Waals surface area (Å²) in [5.41, 5.74) is 5.81. The molecule has 0 radical (unpaired) electrons. The summed E-state index contributed by atoms with van der Waals surface area (Å²) in [5, 5.41) is 24.0. The lowest BCUT2D eigenvalue weighted by Gasteiger charge is -2.20. The number of phosphoric ester groups is 1. The molecule has 2 saturated heterocycles. The van der Waals surface area contributed by atoms with Gasteiger partial charge in [-0.2, -0.15) is 0 Å². The van der Waals surface area contributed by atoms with Gasteiger partial charge in [-0.15, -0.1) is 0 Å². The van der Waals surface area contributed by atoms with Crippen molar-refractivity contribution in [2.24, 2.45) is 5.11 Å². The van der Waals surface area contributed by atoms with Gasteiger partial charge in [0.15, 0.2) is 6.23 Å². The quantitative estimate of drug-likeness (QED) is 0.0948. The number of aliphatic hydroxyl groups is 2. The van der Waals surface area contributed by atoms with E-state index < -0.39 is 86.4 Å². The normalized spacial score (nSPS) is 30.6. The Morgan fingerprint density at radius 2 is 1.58 bits per heavy atom. The molecule has 206 valence electrons. The van der Waals surface area contributed by atoms with Crippen LogP contribution in [0.2, 0.25) is 0 Å². The second-order valence-corrected chi connectivity index (χ2v) is 9.73. The SMILES string of the molecule is [N-]=[N+]=N[C@H]1C[C@H](n2ccc(=O)[nH]c2=O)O[C@@H]1COP(=O)(O)OC[C@H]1O[C@@H](n2ccc(=O)[nH]c2=O)[C@H](O)[C@@H]1O. The lowest BCUT2D eigenvalue weighted by molar-refractivity contribution is -0.0583. The van der Waals surface area contributed by atoms with Gasteiger partial charge < -0.3 is 24.6 Å². The Morgan fingerprint density at radius 1 is 1.00 bits per heavy atom. The van der Waals surface area contributed by atoms with Crippen molar-refractivity contribution >= 4 is 7.82 Å². The zero-order chi connectivity index (χ0) is 27.6. The minimum absolute atomic E-state index is 0.00781. The van der Waals surface area contributed by atoms with Gasteiger partial charge in [-0.3, -0.25) is 37.7 Å². The zero-order valence-corrected chi connectivity index (χ0v) is 20.1. The van der Waals surface area contributed by atoms with Crippen LogP contribution in [0.25, 0.3) is 10.4 Å². The summed E-state index contributed by atoms with van der Waals surface area (Å²) in [6.45, 7) is -1.36. The van der Waals surface area contributed by atoms with Crippen LogP contribution in [0, 0.1) is 0 Å². The molecule has 2 aromatic rings. The highest BCUT2D eigenvalue weighted by atomic mass is 31.2. The van der Waals surface area contributed by atoms with E-state index in [1.165, 1.54) is 6.20 Å². The lowest BCUT2D eigenvalue weighted by Crippen LogP contribution is -2.37. The van der Waals surface area contributed by atoms with Crippen molar-refractivity contribution in [2.45, 2.75) is 49.3 Å². The molecule has 2 aliphatic heterocycles. The second kappa shape index (κ2) is 11.2. The largest absolute Gasteiger partial charge is 0.472 e. The summed E-state index contributed by atoms with van der Waals surface area (Å²) in [6, 6.07) is 1.17. The molecule has 0 bridgehead atoms. The number of aromatic nitrogens is 4. The Labute approximate surface area is 210 Å². The van der Waals surface area contributed by atoms with Gasteiger partial charge in [0.2, 0.25) is 0 Å². The number of ether oxygens (including phenoxy) is 2. The molecule has 8 atom stereocenters. The van der Waals surface area contributed by atoms with Crippen LogP contribution in [0.3, 0.4) is 0 Å². The molecule has 0 aromatic carbocycles. The summed E-state index contributed by atoms with van der Waals surface area (Å²) in [5.74, 6) is 0. The second-order valence-electron chi connectivity index (χ2n) is 8.28. The van der Waals surface area contributed by atoms with Crippen LogP contribution >= 0.6 is 7.82 Å². The summed E-state index contributed by atoms with van der Waals surface area (Å²) in [4.78, 5) is 63.3. The van der Waals surface area contributed by atoms with Crippen molar-refractivity contribution in [3.05, 3.63) is 76.6 Å².